The van der Waals surface area contributed by atoms with E-state index in [0.29, 0.717) is 6.42 Å². The van der Waals surface area contributed by atoms with Crippen molar-refractivity contribution in [2.24, 2.45) is 0 Å². The van der Waals surface area contributed by atoms with Crippen LogP contribution in [0, 0.1) is 0 Å². The van der Waals surface area contributed by atoms with Gasteiger partial charge in [-0.3, -0.25) is 9.59 Å². The maximum Gasteiger partial charge on any atom is 0.305 e. The van der Waals surface area contributed by atoms with Crippen LogP contribution >= 0.6 is 0 Å². The number of rotatable bonds is 8. The molecule has 1 aromatic rings. The largest absolute Gasteiger partial charge is 0.481 e. The SMILES string of the molecule is CCS(=O)(=O)c1ccc(CCC(=O)NC(C)CC(=O)O)cc1. The lowest BCUT2D eigenvalue weighted by Gasteiger charge is -2.11. The highest BCUT2D eigenvalue weighted by atomic mass is 32.2. The van der Waals surface area contributed by atoms with Crippen molar-refractivity contribution < 1.29 is 23.1 Å². The number of carboxylic acids is 1. The van der Waals surface area contributed by atoms with Gasteiger partial charge in [0.25, 0.3) is 0 Å². The number of hydrogen-bond acceptors (Lipinski definition) is 4. The third kappa shape index (κ3) is 5.85. The molecule has 0 heterocycles. The Morgan fingerprint density at radius 2 is 1.82 bits per heavy atom. The maximum absolute atomic E-state index is 11.7. The molecule has 0 aromatic heterocycles. The fourth-order valence-electron chi connectivity index (χ4n) is 1.95. The van der Waals surface area contributed by atoms with Gasteiger partial charge in [0.1, 0.15) is 0 Å². The molecule has 0 aliphatic carbocycles. The Labute approximate surface area is 130 Å². The van der Waals surface area contributed by atoms with Crippen molar-refractivity contribution in [2.75, 3.05) is 5.75 Å². The molecule has 0 aliphatic rings. The minimum absolute atomic E-state index is 0.0518. The van der Waals surface area contributed by atoms with Crippen LogP contribution in [-0.4, -0.2) is 37.2 Å². The normalized spacial score (nSPS) is 12.6. The number of benzene rings is 1. The highest BCUT2D eigenvalue weighted by Gasteiger charge is 2.12. The lowest BCUT2D eigenvalue weighted by Crippen LogP contribution is -2.34. The van der Waals surface area contributed by atoms with Gasteiger partial charge in [0.15, 0.2) is 9.84 Å². The van der Waals surface area contributed by atoms with Gasteiger partial charge in [-0.2, -0.15) is 0 Å². The summed E-state index contributed by atoms with van der Waals surface area (Å²) in [6, 6.07) is 6.05. The second kappa shape index (κ2) is 7.93. The summed E-state index contributed by atoms with van der Waals surface area (Å²) in [5.41, 5.74) is 0.857. The summed E-state index contributed by atoms with van der Waals surface area (Å²) in [6.45, 7) is 3.22. The monoisotopic (exact) mass is 327 g/mol. The Balaban J connectivity index is 2.52. The Hall–Kier alpha value is -1.89. The van der Waals surface area contributed by atoms with E-state index < -0.39 is 21.8 Å². The van der Waals surface area contributed by atoms with E-state index in [2.05, 4.69) is 5.32 Å². The molecule has 0 fully saturated rings. The predicted octanol–water partition coefficient (Wildman–Crippen LogP) is 1.39. The number of carboxylic acid groups (broad SMARTS) is 1. The number of carbonyl (C=O) groups is 2. The molecular weight excluding hydrogens is 306 g/mol. The summed E-state index contributed by atoms with van der Waals surface area (Å²) in [5, 5.41) is 11.2. The minimum atomic E-state index is -3.21. The molecule has 0 bridgehead atoms. The van der Waals surface area contributed by atoms with Crippen LogP contribution in [0.3, 0.4) is 0 Å². The highest BCUT2D eigenvalue weighted by molar-refractivity contribution is 7.91. The van der Waals surface area contributed by atoms with Gasteiger partial charge in [0.2, 0.25) is 5.91 Å². The van der Waals surface area contributed by atoms with Crippen molar-refractivity contribution in [2.45, 2.75) is 44.0 Å². The van der Waals surface area contributed by atoms with Gasteiger partial charge in [-0.05, 0) is 31.0 Å². The van der Waals surface area contributed by atoms with Gasteiger partial charge in [-0.15, -0.1) is 0 Å². The van der Waals surface area contributed by atoms with Gasteiger partial charge in [-0.1, -0.05) is 19.1 Å². The average molecular weight is 327 g/mol. The fourth-order valence-corrected chi connectivity index (χ4v) is 2.83. The third-order valence-electron chi connectivity index (χ3n) is 3.19. The van der Waals surface area contributed by atoms with Crippen LogP contribution < -0.4 is 5.32 Å². The second-order valence-corrected chi connectivity index (χ2v) is 7.39. The molecule has 122 valence electrons. The number of sulfone groups is 1. The number of carbonyl (C=O) groups excluding carboxylic acids is 1. The van der Waals surface area contributed by atoms with Crippen molar-refractivity contribution in [3.63, 3.8) is 0 Å². The highest BCUT2D eigenvalue weighted by Crippen LogP contribution is 2.13. The number of hydrogen-bond donors (Lipinski definition) is 2. The van der Waals surface area contributed by atoms with Crippen molar-refractivity contribution in [1.82, 2.24) is 5.32 Å². The summed E-state index contributed by atoms with van der Waals surface area (Å²) in [5.74, 6) is -1.13. The Kier molecular flexibility index (Phi) is 6.55. The summed E-state index contributed by atoms with van der Waals surface area (Å²) in [6.07, 6.45) is 0.581. The van der Waals surface area contributed by atoms with Crippen molar-refractivity contribution in [1.29, 1.82) is 0 Å². The molecular formula is C15H21NO5S. The van der Waals surface area contributed by atoms with Crippen LogP contribution in [0.25, 0.3) is 0 Å². The Morgan fingerprint density at radius 3 is 2.32 bits per heavy atom. The zero-order valence-corrected chi connectivity index (χ0v) is 13.5. The average Bonchev–Trinajstić information content (AvgIpc) is 2.44. The first kappa shape index (κ1) is 18.2. The molecule has 0 saturated heterocycles. The van der Waals surface area contributed by atoms with Gasteiger partial charge >= 0.3 is 5.97 Å². The molecule has 0 spiro atoms. The van der Waals surface area contributed by atoms with Gasteiger partial charge < -0.3 is 10.4 Å². The van der Waals surface area contributed by atoms with Crippen molar-refractivity contribution in [3.8, 4) is 0 Å². The van der Waals surface area contributed by atoms with E-state index in [-0.39, 0.29) is 29.4 Å². The van der Waals surface area contributed by atoms with E-state index in [1.165, 1.54) is 0 Å². The number of nitrogens with one attached hydrogen (secondary N) is 1. The van der Waals surface area contributed by atoms with E-state index >= 15 is 0 Å². The fraction of sp³-hybridized carbons (Fsp3) is 0.467. The van der Waals surface area contributed by atoms with Crippen LogP contribution in [0.1, 0.15) is 32.3 Å². The zero-order chi connectivity index (χ0) is 16.8. The molecule has 22 heavy (non-hydrogen) atoms. The van der Waals surface area contributed by atoms with Crippen LogP contribution in [0.5, 0.6) is 0 Å². The van der Waals surface area contributed by atoms with Crippen LogP contribution in [-0.2, 0) is 25.8 Å². The molecule has 1 aromatic carbocycles. The van der Waals surface area contributed by atoms with Gasteiger partial charge in [-0.25, -0.2) is 8.42 Å². The molecule has 1 rings (SSSR count). The first-order valence-electron chi connectivity index (χ1n) is 7.07. The van der Waals surface area contributed by atoms with E-state index in [1.54, 1.807) is 38.1 Å². The molecule has 2 N–H and O–H groups in total. The number of aliphatic carboxylic acids is 1. The standard InChI is InChI=1S/C15H21NO5S/c1-3-22(20,21)13-7-4-12(5-8-13)6-9-14(17)16-11(2)10-15(18)19/h4-5,7-8,11H,3,6,9-10H2,1-2H3,(H,16,17)(H,18,19). The quantitative estimate of drug-likeness (QED) is 0.751. The summed E-state index contributed by atoms with van der Waals surface area (Å²) >= 11 is 0. The van der Waals surface area contributed by atoms with E-state index in [0.717, 1.165) is 5.56 Å². The summed E-state index contributed by atoms with van der Waals surface area (Å²) < 4.78 is 23.4. The second-order valence-electron chi connectivity index (χ2n) is 5.11. The van der Waals surface area contributed by atoms with Gasteiger partial charge in [0, 0.05) is 12.5 Å². The van der Waals surface area contributed by atoms with Crippen LogP contribution in [0.4, 0.5) is 0 Å². The Bertz CT molecular complexity index is 622. The van der Waals surface area contributed by atoms with E-state index in [9.17, 15) is 18.0 Å². The number of aryl methyl sites for hydroxylation is 1. The first-order chi connectivity index (χ1) is 10.2. The maximum atomic E-state index is 11.7. The molecule has 1 amide bonds. The van der Waals surface area contributed by atoms with Gasteiger partial charge in [0.05, 0.1) is 17.1 Å². The third-order valence-corrected chi connectivity index (χ3v) is 4.94. The first-order valence-corrected chi connectivity index (χ1v) is 8.72. The van der Waals surface area contributed by atoms with Crippen molar-refractivity contribution in [3.05, 3.63) is 29.8 Å². The van der Waals surface area contributed by atoms with E-state index in [1.807, 2.05) is 0 Å². The summed E-state index contributed by atoms with van der Waals surface area (Å²) in [4.78, 5) is 22.5. The molecule has 7 heteroatoms. The lowest BCUT2D eigenvalue weighted by atomic mass is 10.1. The molecule has 1 unspecified atom stereocenters. The van der Waals surface area contributed by atoms with Crippen LogP contribution in [0.2, 0.25) is 0 Å². The molecule has 0 aliphatic heterocycles. The smallest absolute Gasteiger partial charge is 0.305 e. The predicted molar refractivity (Wildman–Crippen MR) is 82.3 cm³/mol. The van der Waals surface area contributed by atoms with Crippen LogP contribution in [0.15, 0.2) is 29.2 Å². The molecule has 0 radical (unpaired) electrons. The Morgan fingerprint density at radius 1 is 1.23 bits per heavy atom. The van der Waals surface area contributed by atoms with Crippen molar-refractivity contribution >= 4 is 21.7 Å². The minimum Gasteiger partial charge on any atom is -0.481 e. The topological polar surface area (TPSA) is 101 Å². The van der Waals surface area contributed by atoms with E-state index in [4.69, 9.17) is 5.11 Å². The lowest BCUT2D eigenvalue weighted by molar-refractivity contribution is -0.137. The zero-order valence-electron chi connectivity index (χ0n) is 12.7. The molecule has 1 atom stereocenters. The molecule has 6 nitrogen and oxygen atoms in total. The summed E-state index contributed by atoms with van der Waals surface area (Å²) in [7, 11) is -3.21. The number of amides is 1. The molecule has 0 saturated carbocycles.